The molecule has 1 aromatic carbocycles. The molecule has 1 N–H and O–H groups in total. The van der Waals surface area contributed by atoms with Gasteiger partial charge in [0.15, 0.2) is 11.5 Å². The molecule has 0 aliphatic heterocycles. The van der Waals surface area contributed by atoms with Gasteiger partial charge in [-0.2, -0.15) is 8.78 Å². The van der Waals surface area contributed by atoms with Gasteiger partial charge in [0, 0.05) is 13.1 Å². The van der Waals surface area contributed by atoms with E-state index in [4.69, 9.17) is 9.47 Å². The van der Waals surface area contributed by atoms with E-state index >= 15 is 0 Å². The van der Waals surface area contributed by atoms with Crippen molar-refractivity contribution in [2.45, 2.75) is 26.5 Å². The van der Waals surface area contributed by atoms with Gasteiger partial charge in [0.2, 0.25) is 0 Å². The SMILES string of the molecule is CCOC(=O)CCNCc1ccc(OC)c(OC(F)F)c1. The molecule has 0 fully saturated rings. The van der Waals surface area contributed by atoms with Crippen molar-refractivity contribution < 1.29 is 27.8 Å². The third-order valence-corrected chi connectivity index (χ3v) is 2.58. The van der Waals surface area contributed by atoms with E-state index in [0.29, 0.717) is 19.7 Å². The van der Waals surface area contributed by atoms with Crippen molar-refractivity contribution in [2.75, 3.05) is 20.3 Å². The van der Waals surface area contributed by atoms with Gasteiger partial charge in [0.25, 0.3) is 0 Å². The van der Waals surface area contributed by atoms with E-state index in [9.17, 15) is 13.6 Å². The van der Waals surface area contributed by atoms with Crippen molar-refractivity contribution in [2.24, 2.45) is 0 Å². The molecule has 0 heterocycles. The van der Waals surface area contributed by atoms with Crippen molar-refractivity contribution in [3.63, 3.8) is 0 Å². The number of rotatable bonds is 9. The summed E-state index contributed by atoms with van der Waals surface area (Å²) in [7, 11) is 1.38. The van der Waals surface area contributed by atoms with Gasteiger partial charge in [-0.1, -0.05) is 6.07 Å². The van der Waals surface area contributed by atoms with Crippen LogP contribution in [0.4, 0.5) is 8.78 Å². The third kappa shape index (κ3) is 6.40. The van der Waals surface area contributed by atoms with Crippen molar-refractivity contribution in [1.29, 1.82) is 0 Å². The molecule has 0 radical (unpaired) electrons. The maximum absolute atomic E-state index is 12.3. The van der Waals surface area contributed by atoms with Gasteiger partial charge in [-0.25, -0.2) is 0 Å². The molecule has 0 saturated heterocycles. The first-order valence-corrected chi connectivity index (χ1v) is 6.54. The number of esters is 1. The molecular formula is C14H19F2NO4. The second kappa shape index (κ2) is 9.12. The van der Waals surface area contributed by atoms with Gasteiger partial charge in [0.05, 0.1) is 20.1 Å². The number of ether oxygens (including phenoxy) is 3. The van der Waals surface area contributed by atoms with E-state index in [2.05, 4.69) is 10.1 Å². The molecular weight excluding hydrogens is 284 g/mol. The Kier molecular flexibility index (Phi) is 7.45. The van der Waals surface area contributed by atoms with E-state index in [1.165, 1.54) is 13.2 Å². The van der Waals surface area contributed by atoms with E-state index in [0.717, 1.165) is 5.56 Å². The normalized spacial score (nSPS) is 10.5. The van der Waals surface area contributed by atoms with Crippen LogP contribution >= 0.6 is 0 Å². The summed E-state index contributed by atoms with van der Waals surface area (Å²) in [5, 5.41) is 3.02. The van der Waals surface area contributed by atoms with Crippen LogP contribution in [0.2, 0.25) is 0 Å². The first-order valence-electron chi connectivity index (χ1n) is 6.54. The second-order valence-corrected chi connectivity index (χ2v) is 4.10. The molecule has 1 rings (SSSR count). The van der Waals surface area contributed by atoms with E-state index in [-0.39, 0.29) is 23.9 Å². The quantitative estimate of drug-likeness (QED) is 0.560. The van der Waals surface area contributed by atoms with Crippen molar-refractivity contribution >= 4 is 5.97 Å². The van der Waals surface area contributed by atoms with E-state index in [1.54, 1.807) is 19.1 Å². The Morgan fingerprint density at radius 3 is 2.71 bits per heavy atom. The van der Waals surface area contributed by atoms with Gasteiger partial charge in [-0.15, -0.1) is 0 Å². The average molecular weight is 303 g/mol. The Balaban J connectivity index is 2.50. The lowest BCUT2D eigenvalue weighted by Crippen LogP contribution is -2.19. The summed E-state index contributed by atoms with van der Waals surface area (Å²) in [4.78, 5) is 11.1. The molecule has 0 amide bonds. The molecule has 1 aromatic rings. The highest BCUT2D eigenvalue weighted by molar-refractivity contribution is 5.69. The van der Waals surface area contributed by atoms with E-state index in [1.807, 2.05) is 0 Å². The van der Waals surface area contributed by atoms with Crippen LogP contribution in [0.25, 0.3) is 0 Å². The Labute approximate surface area is 122 Å². The Morgan fingerprint density at radius 2 is 2.10 bits per heavy atom. The van der Waals surface area contributed by atoms with Gasteiger partial charge < -0.3 is 19.5 Å². The molecule has 0 unspecified atom stereocenters. The van der Waals surface area contributed by atoms with E-state index < -0.39 is 6.61 Å². The van der Waals surface area contributed by atoms with Gasteiger partial charge in [0.1, 0.15) is 0 Å². The highest BCUT2D eigenvalue weighted by Gasteiger charge is 2.11. The minimum absolute atomic E-state index is 0.0165. The lowest BCUT2D eigenvalue weighted by Gasteiger charge is -2.12. The van der Waals surface area contributed by atoms with Gasteiger partial charge >= 0.3 is 12.6 Å². The molecule has 0 atom stereocenters. The van der Waals surface area contributed by atoms with Crippen LogP contribution < -0.4 is 14.8 Å². The summed E-state index contributed by atoms with van der Waals surface area (Å²) in [6.45, 7) is 0.0449. The van der Waals surface area contributed by atoms with Crippen LogP contribution in [0, 0.1) is 0 Å². The summed E-state index contributed by atoms with van der Waals surface area (Å²) in [5.74, 6) is -0.0516. The molecule has 118 valence electrons. The Bertz CT molecular complexity index is 455. The number of carbonyl (C=O) groups excluding carboxylic acids is 1. The number of carbonyl (C=O) groups is 1. The molecule has 0 saturated carbocycles. The van der Waals surface area contributed by atoms with Crippen molar-refractivity contribution in [3.8, 4) is 11.5 Å². The first-order chi connectivity index (χ1) is 10.1. The summed E-state index contributed by atoms with van der Waals surface area (Å²) in [5.41, 5.74) is 0.746. The molecule has 7 heteroatoms. The monoisotopic (exact) mass is 303 g/mol. The smallest absolute Gasteiger partial charge is 0.387 e. The van der Waals surface area contributed by atoms with Crippen molar-refractivity contribution in [1.82, 2.24) is 5.32 Å². The molecule has 0 aliphatic carbocycles. The number of methoxy groups -OCH3 is 1. The number of hydrogen-bond donors (Lipinski definition) is 1. The predicted molar refractivity (Wildman–Crippen MR) is 72.6 cm³/mol. The molecule has 0 spiro atoms. The highest BCUT2D eigenvalue weighted by atomic mass is 19.3. The maximum atomic E-state index is 12.3. The van der Waals surface area contributed by atoms with Crippen LogP contribution in [0.15, 0.2) is 18.2 Å². The molecule has 21 heavy (non-hydrogen) atoms. The zero-order valence-electron chi connectivity index (χ0n) is 12.0. The highest BCUT2D eigenvalue weighted by Crippen LogP contribution is 2.29. The number of alkyl halides is 2. The van der Waals surface area contributed by atoms with Crippen LogP contribution in [0.5, 0.6) is 11.5 Å². The minimum Gasteiger partial charge on any atom is -0.493 e. The van der Waals surface area contributed by atoms with Crippen LogP contribution in [0.3, 0.4) is 0 Å². The zero-order valence-corrected chi connectivity index (χ0v) is 12.0. The summed E-state index contributed by atoms with van der Waals surface area (Å²) in [6.07, 6.45) is 0.254. The first kappa shape index (κ1) is 17.2. The summed E-state index contributed by atoms with van der Waals surface area (Å²) in [6, 6.07) is 4.76. The lowest BCUT2D eigenvalue weighted by atomic mass is 10.2. The standard InChI is InChI=1S/C14H19F2NO4/c1-3-20-13(18)6-7-17-9-10-4-5-11(19-2)12(8-10)21-14(15)16/h4-5,8,14,17H,3,6-7,9H2,1-2H3. The molecule has 0 bridgehead atoms. The topological polar surface area (TPSA) is 56.8 Å². The summed E-state index contributed by atoms with van der Waals surface area (Å²) < 4.78 is 38.7. The maximum Gasteiger partial charge on any atom is 0.387 e. The molecule has 0 aromatic heterocycles. The average Bonchev–Trinajstić information content (AvgIpc) is 2.43. The Morgan fingerprint density at radius 1 is 1.33 bits per heavy atom. The third-order valence-electron chi connectivity index (χ3n) is 2.58. The predicted octanol–water partition coefficient (Wildman–Crippen LogP) is 2.34. The number of halogens is 2. The lowest BCUT2D eigenvalue weighted by molar-refractivity contribution is -0.142. The Hall–Kier alpha value is -1.89. The fraction of sp³-hybridized carbons (Fsp3) is 0.500. The second-order valence-electron chi connectivity index (χ2n) is 4.10. The molecule has 5 nitrogen and oxygen atoms in total. The van der Waals surface area contributed by atoms with Crippen LogP contribution in [-0.2, 0) is 16.1 Å². The fourth-order valence-corrected chi connectivity index (χ4v) is 1.68. The number of nitrogens with one attached hydrogen (secondary N) is 1. The van der Waals surface area contributed by atoms with Crippen LogP contribution in [-0.4, -0.2) is 32.8 Å². The minimum atomic E-state index is -2.91. The fourth-order valence-electron chi connectivity index (χ4n) is 1.68. The number of hydrogen-bond acceptors (Lipinski definition) is 5. The van der Waals surface area contributed by atoms with Crippen molar-refractivity contribution in [3.05, 3.63) is 23.8 Å². The van der Waals surface area contributed by atoms with Gasteiger partial charge in [-0.3, -0.25) is 4.79 Å². The van der Waals surface area contributed by atoms with Gasteiger partial charge in [-0.05, 0) is 24.6 Å². The summed E-state index contributed by atoms with van der Waals surface area (Å²) >= 11 is 0. The van der Waals surface area contributed by atoms with Crippen LogP contribution in [0.1, 0.15) is 18.9 Å². The zero-order chi connectivity index (χ0) is 15.7. The molecule has 0 aliphatic rings. The number of benzene rings is 1. The largest absolute Gasteiger partial charge is 0.493 e.